The number of Topliss-reactive ketones (excluding diaryl/α,β-unsaturated/α-hetero) is 1. The van der Waals surface area contributed by atoms with Crippen LogP contribution in [0.3, 0.4) is 0 Å². The first-order valence-electron chi connectivity index (χ1n) is 13.9. The molecule has 0 aromatic carbocycles. The molecule has 0 aromatic rings. The number of hydrogen-bond donors (Lipinski definition) is 4. The molecule has 5 saturated heterocycles. The number of rotatable bonds is 0. The summed E-state index contributed by atoms with van der Waals surface area (Å²) in [7, 11) is 0. The maximum atomic E-state index is 14.9. The minimum absolute atomic E-state index is 0.0148. The van der Waals surface area contributed by atoms with Crippen molar-refractivity contribution in [2.45, 2.75) is 98.9 Å². The van der Waals surface area contributed by atoms with Crippen molar-refractivity contribution in [1.29, 1.82) is 0 Å². The Bertz CT molecular complexity index is 1380. The number of ether oxygens (including phenoxy) is 4. The smallest absolute Gasteiger partial charge is 0.342 e. The molecular weight excluding hydrogens is 528 g/mol. The number of hydrogen-bond acceptors (Lipinski definition) is 12. The highest BCUT2D eigenvalue weighted by atomic mass is 16.8. The quantitative estimate of drug-likeness (QED) is 0.261. The summed E-state index contributed by atoms with van der Waals surface area (Å²) in [5.74, 6) is -8.94. The third kappa shape index (κ3) is 2.04. The largest absolute Gasteiger partial charge is 0.456 e. The van der Waals surface area contributed by atoms with Crippen LogP contribution in [-0.4, -0.2) is 96.5 Å². The molecule has 40 heavy (non-hydrogen) atoms. The number of aliphatic hydroxyl groups is 4. The zero-order valence-corrected chi connectivity index (χ0v) is 22.3. The Balaban J connectivity index is 1.44. The van der Waals surface area contributed by atoms with Crippen LogP contribution < -0.4 is 0 Å². The van der Waals surface area contributed by atoms with Crippen LogP contribution in [0.4, 0.5) is 0 Å². The molecule has 7 fully saturated rings. The van der Waals surface area contributed by atoms with Gasteiger partial charge in [-0.25, -0.2) is 9.59 Å². The van der Waals surface area contributed by atoms with Crippen molar-refractivity contribution < 1.29 is 58.6 Å². The highest BCUT2D eigenvalue weighted by Crippen LogP contribution is 2.76. The number of carbonyl (C=O) groups excluding carboxylic acids is 4. The van der Waals surface area contributed by atoms with Gasteiger partial charge in [-0.2, -0.15) is 0 Å². The summed E-state index contributed by atoms with van der Waals surface area (Å²) in [5, 5.41) is 47.5. The average Bonchev–Trinajstić information content (AvgIpc) is 3.23. The zero-order chi connectivity index (χ0) is 28.7. The minimum atomic E-state index is -2.45. The standard InChI is InChI=1S/C28H32O12/c1-21-10-16-23(3)28-17(21)18(31)27(40-28,37-11-26(21,36)19(32)38-16)13-9-15(30)24(34)7-4-5-14(29)22(24,2)12(13)6-8-25(28,35)20(33)39-23/h4-5,12-13,15-17,30,34-36H,6-11H2,1-3H3/t12-,13+,15-,16+,17-,21-,22-,23-,24+,25-,26+,27-,28-/m0/s1. The van der Waals surface area contributed by atoms with Gasteiger partial charge in [-0.15, -0.1) is 0 Å². The summed E-state index contributed by atoms with van der Waals surface area (Å²) in [4.78, 5) is 55.6. The van der Waals surface area contributed by atoms with E-state index in [0.29, 0.717) is 0 Å². The highest BCUT2D eigenvalue weighted by molar-refractivity contribution is 6.01. The summed E-state index contributed by atoms with van der Waals surface area (Å²) < 4.78 is 24.5. The van der Waals surface area contributed by atoms with Gasteiger partial charge in [0.2, 0.25) is 5.79 Å². The van der Waals surface area contributed by atoms with Crippen LogP contribution in [0.5, 0.6) is 0 Å². The Morgan fingerprint density at radius 1 is 0.975 bits per heavy atom. The van der Waals surface area contributed by atoms with Gasteiger partial charge in [-0.1, -0.05) is 13.0 Å². The van der Waals surface area contributed by atoms with E-state index in [1.54, 1.807) is 6.92 Å². The van der Waals surface area contributed by atoms with Gasteiger partial charge < -0.3 is 39.4 Å². The molecule has 8 rings (SSSR count). The molecule has 0 unspecified atom stereocenters. The fourth-order valence-corrected chi connectivity index (χ4v) is 10.5. The Morgan fingerprint density at radius 2 is 1.70 bits per heavy atom. The molecular formula is C28H32O12. The number of aliphatic hydroxyl groups excluding tert-OH is 1. The lowest BCUT2D eigenvalue weighted by Gasteiger charge is -2.65. The van der Waals surface area contributed by atoms with Gasteiger partial charge in [-0.05, 0) is 57.9 Å². The molecule has 2 saturated carbocycles. The number of allylic oxidation sites excluding steroid dienone is 1. The summed E-state index contributed by atoms with van der Waals surface area (Å²) in [6.07, 6.45) is -0.397. The Hall–Kier alpha value is -2.22. The molecule has 0 amide bonds. The van der Waals surface area contributed by atoms with Crippen molar-refractivity contribution in [3.8, 4) is 0 Å². The summed E-state index contributed by atoms with van der Waals surface area (Å²) in [6.45, 7) is 3.84. The molecule has 0 aromatic heterocycles. The predicted octanol–water partition coefficient (Wildman–Crippen LogP) is -1.16. The average molecular weight is 561 g/mol. The van der Waals surface area contributed by atoms with Crippen LogP contribution >= 0.6 is 0 Å². The second-order valence-corrected chi connectivity index (χ2v) is 13.9. The third-order valence-corrected chi connectivity index (χ3v) is 12.9. The molecule has 0 radical (unpaired) electrons. The van der Waals surface area contributed by atoms with Crippen LogP contribution in [0.1, 0.15) is 52.9 Å². The van der Waals surface area contributed by atoms with E-state index >= 15 is 0 Å². The van der Waals surface area contributed by atoms with Gasteiger partial charge >= 0.3 is 11.9 Å². The fraction of sp³-hybridized carbons (Fsp3) is 0.786. The molecule has 12 nitrogen and oxygen atoms in total. The van der Waals surface area contributed by atoms with Gasteiger partial charge in [0.05, 0.1) is 24.0 Å². The number of carbonyl (C=O) groups is 4. The number of ketones is 2. The maximum Gasteiger partial charge on any atom is 0.342 e. The van der Waals surface area contributed by atoms with Crippen LogP contribution in [0, 0.1) is 28.6 Å². The van der Waals surface area contributed by atoms with Crippen molar-refractivity contribution in [3.63, 3.8) is 0 Å². The van der Waals surface area contributed by atoms with Gasteiger partial charge in [-0.3, -0.25) is 9.59 Å². The van der Waals surface area contributed by atoms with Crippen LogP contribution in [0.15, 0.2) is 12.2 Å². The molecule has 13 atom stereocenters. The summed E-state index contributed by atoms with van der Waals surface area (Å²) in [5.41, 5.74) is -13.8. The van der Waals surface area contributed by atoms with Crippen LogP contribution in [-0.2, 0) is 38.1 Å². The Morgan fingerprint density at radius 3 is 2.42 bits per heavy atom. The van der Waals surface area contributed by atoms with E-state index in [1.165, 1.54) is 26.0 Å². The third-order valence-electron chi connectivity index (χ3n) is 12.9. The first kappa shape index (κ1) is 25.5. The lowest BCUT2D eigenvalue weighted by Crippen LogP contribution is -2.82. The predicted molar refractivity (Wildman–Crippen MR) is 127 cm³/mol. The molecule has 5 aliphatic heterocycles. The molecule has 3 aliphatic carbocycles. The topological polar surface area (TPSA) is 186 Å². The van der Waals surface area contributed by atoms with Crippen molar-refractivity contribution in [2.24, 2.45) is 28.6 Å². The number of fused-ring (bicyclic) bond motifs is 5. The van der Waals surface area contributed by atoms with Crippen LogP contribution in [0.25, 0.3) is 0 Å². The molecule has 5 heterocycles. The highest BCUT2D eigenvalue weighted by Gasteiger charge is 2.95. The fourth-order valence-electron chi connectivity index (χ4n) is 10.5. The first-order valence-corrected chi connectivity index (χ1v) is 13.9. The van der Waals surface area contributed by atoms with Gasteiger partial charge in [0.15, 0.2) is 34.0 Å². The van der Waals surface area contributed by atoms with Crippen molar-refractivity contribution >= 4 is 23.5 Å². The molecule has 216 valence electrons. The van der Waals surface area contributed by atoms with Gasteiger partial charge in [0.1, 0.15) is 11.7 Å². The lowest BCUT2D eigenvalue weighted by molar-refractivity contribution is -0.396. The van der Waals surface area contributed by atoms with E-state index in [0.717, 1.165) is 0 Å². The van der Waals surface area contributed by atoms with Crippen molar-refractivity contribution in [3.05, 3.63) is 12.2 Å². The van der Waals surface area contributed by atoms with Crippen molar-refractivity contribution in [2.75, 3.05) is 6.61 Å². The van der Waals surface area contributed by atoms with Crippen LogP contribution in [0.2, 0.25) is 0 Å². The number of esters is 2. The Labute approximate surface area is 228 Å². The van der Waals surface area contributed by atoms with E-state index in [1.807, 2.05) is 0 Å². The van der Waals surface area contributed by atoms with E-state index in [4.69, 9.17) is 18.9 Å². The monoisotopic (exact) mass is 560 g/mol. The lowest BCUT2D eigenvalue weighted by atomic mass is 9.45. The SMILES string of the molecule is C[C@@]12C[C@H]3OC(=O)[C@]1(O)CO[C@@]14O[C@@]5([C@H]2C1=O)[C@@]3(C)OC(=O)[C@@]5(O)CC[C@H]1[C@H]4C[C@H](O)[C@]2(O)CC=CC(=O)[C@]12C. The molecule has 12 heteroatoms. The van der Waals surface area contributed by atoms with Gasteiger partial charge in [0.25, 0.3) is 0 Å². The molecule has 2 spiro atoms. The summed E-state index contributed by atoms with van der Waals surface area (Å²) in [6, 6.07) is 0. The van der Waals surface area contributed by atoms with Gasteiger partial charge in [0, 0.05) is 11.3 Å². The Kier molecular flexibility index (Phi) is 4.17. The second-order valence-electron chi connectivity index (χ2n) is 13.9. The second kappa shape index (κ2) is 6.55. The molecule has 5 bridgehead atoms. The van der Waals surface area contributed by atoms with E-state index < -0.39 is 105 Å². The molecule has 8 aliphatic rings. The molecule has 4 N–H and O–H groups in total. The first-order chi connectivity index (χ1) is 18.5. The van der Waals surface area contributed by atoms with E-state index in [-0.39, 0.29) is 32.1 Å². The minimum Gasteiger partial charge on any atom is -0.456 e. The normalized spacial score (nSPS) is 62.6. The van der Waals surface area contributed by atoms with E-state index in [9.17, 15) is 39.6 Å². The van der Waals surface area contributed by atoms with E-state index in [2.05, 4.69) is 0 Å². The maximum absolute atomic E-state index is 14.9. The zero-order valence-electron chi connectivity index (χ0n) is 22.3. The van der Waals surface area contributed by atoms with Crippen molar-refractivity contribution in [1.82, 2.24) is 0 Å². The summed E-state index contributed by atoms with van der Waals surface area (Å²) >= 11 is 0.